The summed E-state index contributed by atoms with van der Waals surface area (Å²) in [5, 5.41) is 11.4. The van der Waals surface area contributed by atoms with Crippen LogP contribution in [0.2, 0.25) is 0 Å². The highest BCUT2D eigenvalue weighted by atomic mass is 16.4. The zero-order valence-electron chi connectivity index (χ0n) is 9.01. The van der Waals surface area contributed by atoms with E-state index in [1.54, 1.807) is 0 Å². The molecule has 0 aliphatic heterocycles. The molecule has 1 aromatic rings. The van der Waals surface area contributed by atoms with Crippen LogP contribution in [-0.2, 0) is 9.59 Å². The van der Waals surface area contributed by atoms with E-state index in [-0.39, 0.29) is 19.0 Å². The number of carboxylic acid groups (broad SMARTS) is 1. The van der Waals surface area contributed by atoms with Crippen molar-refractivity contribution >= 4 is 17.6 Å². The average molecular weight is 222 g/mol. The van der Waals surface area contributed by atoms with Gasteiger partial charge in [0.25, 0.3) is 0 Å². The van der Waals surface area contributed by atoms with Crippen LogP contribution in [0.5, 0.6) is 0 Å². The lowest BCUT2D eigenvalue weighted by atomic mass is 10.3. The Balaban J connectivity index is 2.38. The Kier molecular flexibility index (Phi) is 4.32. The molecule has 0 spiro atoms. The van der Waals surface area contributed by atoms with Crippen LogP contribution in [0.1, 0.15) is 0 Å². The number of hydrogen-bond acceptors (Lipinski definition) is 3. The number of carbonyl (C=O) groups excluding carboxylic acids is 1. The molecule has 86 valence electrons. The molecule has 0 saturated carbocycles. The summed E-state index contributed by atoms with van der Waals surface area (Å²) < 4.78 is 0. The molecule has 1 amide bonds. The van der Waals surface area contributed by atoms with Gasteiger partial charge < -0.3 is 15.3 Å². The third kappa shape index (κ3) is 4.00. The molecule has 0 heterocycles. The molecule has 0 aromatic heterocycles. The number of hydrogen-bond donors (Lipinski definition) is 2. The Bertz CT molecular complexity index is 365. The van der Waals surface area contributed by atoms with Crippen molar-refractivity contribution in [1.29, 1.82) is 0 Å². The van der Waals surface area contributed by atoms with E-state index < -0.39 is 5.97 Å². The lowest BCUT2D eigenvalue weighted by molar-refractivity contribution is -0.142. The molecular weight excluding hydrogens is 208 g/mol. The van der Waals surface area contributed by atoms with Gasteiger partial charge in [0, 0.05) is 12.7 Å². The van der Waals surface area contributed by atoms with Gasteiger partial charge in [0.15, 0.2) is 0 Å². The van der Waals surface area contributed by atoms with Crippen LogP contribution in [0.25, 0.3) is 0 Å². The third-order valence-electron chi connectivity index (χ3n) is 2.02. The largest absolute Gasteiger partial charge is 0.480 e. The molecule has 0 unspecified atom stereocenters. The van der Waals surface area contributed by atoms with E-state index in [4.69, 9.17) is 5.11 Å². The summed E-state index contributed by atoms with van der Waals surface area (Å²) in [6.45, 7) is -0.191. The molecule has 5 heteroatoms. The third-order valence-corrected chi connectivity index (χ3v) is 2.02. The normalized spacial score (nSPS) is 9.56. The maximum atomic E-state index is 11.5. The molecule has 0 fully saturated rings. The fraction of sp³-hybridized carbons (Fsp3) is 0.273. The van der Waals surface area contributed by atoms with Gasteiger partial charge in [-0.05, 0) is 12.1 Å². The minimum atomic E-state index is -1.02. The Morgan fingerprint density at radius 2 is 1.94 bits per heavy atom. The van der Waals surface area contributed by atoms with Crippen LogP contribution in [0.15, 0.2) is 30.3 Å². The van der Waals surface area contributed by atoms with E-state index >= 15 is 0 Å². The Morgan fingerprint density at radius 3 is 2.50 bits per heavy atom. The highest BCUT2D eigenvalue weighted by molar-refractivity contribution is 5.84. The SMILES string of the molecule is CN(CC(=O)O)C(=O)CNc1ccccc1. The summed E-state index contributed by atoms with van der Waals surface area (Å²) in [4.78, 5) is 23.0. The predicted molar refractivity (Wildman–Crippen MR) is 60.2 cm³/mol. The quantitative estimate of drug-likeness (QED) is 0.767. The average Bonchev–Trinajstić information content (AvgIpc) is 2.26. The van der Waals surface area contributed by atoms with Crippen molar-refractivity contribution in [3.8, 4) is 0 Å². The van der Waals surface area contributed by atoms with Gasteiger partial charge in [-0.2, -0.15) is 0 Å². The van der Waals surface area contributed by atoms with Crippen molar-refractivity contribution in [3.63, 3.8) is 0 Å². The zero-order chi connectivity index (χ0) is 12.0. The standard InChI is InChI=1S/C11H14N2O3/c1-13(8-11(15)16)10(14)7-12-9-5-3-2-4-6-9/h2-6,12H,7-8H2,1H3,(H,15,16). The number of benzene rings is 1. The van der Waals surface area contributed by atoms with Crippen LogP contribution in [0.3, 0.4) is 0 Å². The first-order chi connectivity index (χ1) is 7.59. The number of rotatable bonds is 5. The number of amides is 1. The summed E-state index contributed by atoms with van der Waals surface area (Å²) >= 11 is 0. The van der Waals surface area contributed by atoms with Gasteiger partial charge in [-0.1, -0.05) is 18.2 Å². The summed E-state index contributed by atoms with van der Waals surface area (Å²) in [6, 6.07) is 9.26. The first kappa shape index (κ1) is 12.0. The maximum Gasteiger partial charge on any atom is 0.323 e. The molecule has 0 aliphatic carbocycles. The van der Waals surface area contributed by atoms with Crippen LogP contribution in [-0.4, -0.2) is 42.0 Å². The molecule has 0 saturated heterocycles. The van der Waals surface area contributed by atoms with Crippen LogP contribution in [0.4, 0.5) is 5.69 Å². The number of likely N-dealkylation sites (N-methyl/N-ethyl adjacent to an activating group) is 1. The van der Waals surface area contributed by atoms with Gasteiger partial charge in [0.2, 0.25) is 5.91 Å². The molecule has 0 bridgehead atoms. The molecule has 0 aliphatic rings. The zero-order valence-corrected chi connectivity index (χ0v) is 9.01. The predicted octanol–water partition coefficient (Wildman–Crippen LogP) is 0.641. The lowest BCUT2D eigenvalue weighted by Gasteiger charge is -2.15. The maximum absolute atomic E-state index is 11.5. The van der Waals surface area contributed by atoms with E-state index in [1.807, 2.05) is 30.3 Å². The smallest absolute Gasteiger partial charge is 0.323 e. The molecule has 2 N–H and O–H groups in total. The highest BCUT2D eigenvalue weighted by Crippen LogP contribution is 2.04. The van der Waals surface area contributed by atoms with E-state index in [2.05, 4.69) is 5.32 Å². The number of nitrogens with one attached hydrogen (secondary N) is 1. The molecule has 0 radical (unpaired) electrons. The fourth-order valence-electron chi connectivity index (χ4n) is 1.16. The second kappa shape index (κ2) is 5.75. The topological polar surface area (TPSA) is 69.6 Å². The number of anilines is 1. The van der Waals surface area contributed by atoms with Crippen molar-refractivity contribution in [2.75, 3.05) is 25.5 Å². The molecule has 1 aromatic carbocycles. The first-order valence-corrected chi connectivity index (χ1v) is 4.84. The van der Waals surface area contributed by atoms with Gasteiger partial charge in [-0.25, -0.2) is 0 Å². The van der Waals surface area contributed by atoms with Crippen LogP contribution < -0.4 is 5.32 Å². The van der Waals surface area contributed by atoms with Gasteiger partial charge >= 0.3 is 5.97 Å². The number of carbonyl (C=O) groups is 2. The van der Waals surface area contributed by atoms with Crippen LogP contribution >= 0.6 is 0 Å². The molecule has 1 rings (SSSR count). The highest BCUT2D eigenvalue weighted by Gasteiger charge is 2.11. The second-order valence-electron chi connectivity index (χ2n) is 3.36. The van der Waals surface area contributed by atoms with Crippen molar-refractivity contribution in [3.05, 3.63) is 30.3 Å². The number of para-hydroxylation sites is 1. The fourth-order valence-corrected chi connectivity index (χ4v) is 1.16. The lowest BCUT2D eigenvalue weighted by Crippen LogP contribution is -2.35. The van der Waals surface area contributed by atoms with Crippen molar-refractivity contribution in [2.45, 2.75) is 0 Å². The molecule has 0 atom stereocenters. The van der Waals surface area contributed by atoms with E-state index in [0.717, 1.165) is 10.6 Å². The Morgan fingerprint density at radius 1 is 1.31 bits per heavy atom. The van der Waals surface area contributed by atoms with Crippen LogP contribution in [0, 0.1) is 0 Å². The Hall–Kier alpha value is -2.04. The molecular formula is C11H14N2O3. The number of nitrogens with zero attached hydrogens (tertiary/aromatic N) is 1. The van der Waals surface area contributed by atoms with Crippen molar-refractivity contribution in [1.82, 2.24) is 4.90 Å². The molecule has 16 heavy (non-hydrogen) atoms. The Labute approximate surface area is 93.7 Å². The summed E-state index contributed by atoms with van der Waals surface area (Å²) in [5.74, 6) is -1.28. The number of aliphatic carboxylic acids is 1. The first-order valence-electron chi connectivity index (χ1n) is 4.84. The molecule has 5 nitrogen and oxygen atoms in total. The minimum absolute atomic E-state index is 0.0911. The van der Waals surface area contributed by atoms with Gasteiger partial charge in [-0.3, -0.25) is 9.59 Å². The van der Waals surface area contributed by atoms with Gasteiger partial charge in [-0.15, -0.1) is 0 Å². The number of carboxylic acids is 1. The summed E-state index contributed by atoms with van der Waals surface area (Å²) in [5.41, 5.74) is 0.833. The second-order valence-corrected chi connectivity index (χ2v) is 3.36. The van der Waals surface area contributed by atoms with E-state index in [1.165, 1.54) is 7.05 Å². The van der Waals surface area contributed by atoms with E-state index in [0.29, 0.717) is 0 Å². The summed E-state index contributed by atoms with van der Waals surface area (Å²) in [7, 11) is 1.46. The van der Waals surface area contributed by atoms with Gasteiger partial charge in [0.05, 0.1) is 6.54 Å². The van der Waals surface area contributed by atoms with Crippen molar-refractivity contribution < 1.29 is 14.7 Å². The minimum Gasteiger partial charge on any atom is -0.480 e. The van der Waals surface area contributed by atoms with Gasteiger partial charge in [0.1, 0.15) is 6.54 Å². The monoisotopic (exact) mass is 222 g/mol. The summed E-state index contributed by atoms with van der Waals surface area (Å²) in [6.07, 6.45) is 0. The van der Waals surface area contributed by atoms with Crippen molar-refractivity contribution in [2.24, 2.45) is 0 Å². The van der Waals surface area contributed by atoms with E-state index in [9.17, 15) is 9.59 Å².